The molecule has 2 aliphatic carbocycles. The van der Waals surface area contributed by atoms with Gasteiger partial charge in [0.05, 0.1) is 5.92 Å². The minimum absolute atomic E-state index is 0.0104. The Labute approximate surface area is 195 Å². The molecule has 3 atom stereocenters. The van der Waals surface area contributed by atoms with E-state index in [9.17, 15) is 14.7 Å². The van der Waals surface area contributed by atoms with Crippen LogP contribution in [0.15, 0.2) is 71.2 Å². The van der Waals surface area contributed by atoms with Crippen molar-refractivity contribution < 1.29 is 19.4 Å². The average Bonchev–Trinajstić information content (AvgIpc) is 3.39. The quantitative estimate of drug-likeness (QED) is 0.616. The molecule has 2 aromatic rings. The molecule has 5 nitrogen and oxygen atoms in total. The minimum atomic E-state index is -0.856. The molecule has 1 unspecified atom stereocenters. The van der Waals surface area contributed by atoms with E-state index in [0.717, 1.165) is 22.0 Å². The average molecular weight is 494 g/mol. The summed E-state index contributed by atoms with van der Waals surface area (Å²) in [5.74, 6) is -1.48. The Hall–Kier alpha value is -2.86. The van der Waals surface area contributed by atoms with E-state index in [-0.39, 0.29) is 30.9 Å². The predicted octanol–water partition coefficient (Wildman–Crippen LogP) is 5.42. The molecule has 1 heterocycles. The molecule has 1 aliphatic heterocycles. The van der Waals surface area contributed by atoms with Crippen molar-refractivity contribution >= 4 is 28.0 Å². The molecule has 0 aromatic heterocycles. The first-order chi connectivity index (χ1) is 15.5. The summed E-state index contributed by atoms with van der Waals surface area (Å²) in [6.07, 6.45) is 6.40. The van der Waals surface area contributed by atoms with Crippen molar-refractivity contribution in [2.75, 3.05) is 19.7 Å². The third-order valence-corrected chi connectivity index (χ3v) is 7.50. The zero-order valence-corrected chi connectivity index (χ0v) is 19.1. The summed E-state index contributed by atoms with van der Waals surface area (Å²) in [6.45, 7) is 0.824. The smallest absolute Gasteiger partial charge is 0.409 e. The fourth-order valence-corrected chi connectivity index (χ4v) is 5.63. The van der Waals surface area contributed by atoms with E-state index in [2.05, 4.69) is 46.3 Å². The maximum atomic E-state index is 12.9. The second-order valence-corrected chi connectivity index (χ2v) is 9.58. The molecular formula is C26H24BrNO4. The van der Waals surface area contributed by atoms with Gasteiger partial charge in [-0.05, 0) is 40.5 Å². The fourth-order valence-electron chi connectivity index (χ4n) is 5.29. The Balaban J connectivity index is 1.29. The molecule has 5 rings (SSSR count). The summed E-state index contributed by atoms with van der Waals surface area (Å²) in [5.41, 5.74) is 4.68. The Morgan fingerprint density at radius 3 is 2.28 bits per heavy atom. The number of carbonyl (C=O) groups is 2. The summed E-state index contributed by atoms with van der Waals surface area (Å²) in [7, 11) is 0. The lowest BCUT2D eigenvalue weighted by Gasteiger charge is -2.24. The number of allylic oxidation sites excluding steroid dienone is 4. The van der Waals surface area contributed by atoms with Gasteiger partial charge in [0.2, 0.25) is 0 Å². The SMILES string of the molecule is O=C(O)[C@@H]1CN(C(=O)OCC2c3ccccc3-c3ccccc32)C[C@H]1C1C=CC(Br)=CC1. The highest BCUT2D eigenvalue weighted by Crippen LogP contribution is 2.44. The van der Waals surface area contributed by atoms with Gasteiger partial charge in [0.25, 0.3) is 0 Å². The number of halogens is 1. The standard InChI is InChI=1S/C26H24BrNO4/c27-17-11-9-16(10-12-17)22-13-28(14-23(22)25(29)30)26(31)32-15-24-20-7-3-1-5-18(20)19-6-2-4-8-21(19)24/h1-9,11-12,16,22-24H,10,13-15H2,(H,29,30)/t16?,22-,23+/m0/s1. The number of benzene rings is 2. The van der Waals surface area contributed by atoms with Gasteiger partial charge in [-0.3, -0.25) is 4.79 Å². The van der Waals surface area contributed by atoms with Crippen molar-refractivity contribution in [1.82, 2.24) is 4.90 Å². The van der Waals surface area contributed by atoms with Crippen LogP contribution in [0.1, 0.15) is 23.5 Å². The maximum Gasteiger partial charge on any atom is 0.409 e. The van der Waals surface area contributed by atoms with Crippen molar-refractivity contribution in [2.24, 2.45) is 17.8 Å². The van der Waals surface area contributed by atoms with E-state index in [4.69, 9.17) is 4.74 Å². The van der Waals surface area contributed by atoms with E-state index >= 15 is 0 Å². The third-order valence-electron chi connectivity index (χ3n) is 6.91. The Morgan fingerprint density at radius 2 is 1.69 bits per heavy atom. The van der Waals surface area contributed by atoms with Crippen LogP contribution >= 0.6 is 15.9 Å². The molecule has 1 saturated heterocycles. The van der Waals surface area contributed by atoms with E-state index in [1.807, 2.05) is 36.4 Å². The number of nitrogens with zero attached hydrogens (tertiary/aromatic N) is 1. The monoisotopic (exact) mass is 493 g/mol. The topological polar surface area (TPSA) is 66.8 Å². The van der Waals surface area contributed by atoms with Crippen LogP contribution in [0.3, 0.4) is 0 Å². The van der Waals surface area contributed by atoms with Crippen LogP contribution in [0.5, 0.6) is 0 Å². The second-order valence-electron chi connectivity index (χ2n) is 8.67. The van der Waals surface area contributed by atoms with Gasteiger partial charge in [-0.1, -0.05) is 82.7 Å². The van der Waals surface area contributed by atoms with Crippen LogP contribution in [-0.2, 0) is 9.53 Å². The van der Waals surface area contributed by atoms with Crippen LogP contribution in [0.25, 0.3) is 11.1 Å². The van der Waals surface area contributed by atoms with Crippen LogP contribution < -0.4 is 0 Å². The van der Waals surface area contributed by atoms with Crippen LogP contribution in [-0.4, -0.2) is 41.8 Å². The molecule has 1 N–H and O–H groups in total. The number of rotatable bonds is 4. The van der Waals surface area contributed by atoms with Gasteiger partial charge in [0.15, 0.2) is 0 Å². The van der Waals surface area contributed by atoms with E-state index in [1.54, 1.807) is 4.90 Å². The highest BCUT2D eigenvalue weighted by atomic mass is 79.9. The number of carbonyl (C=O) groups excluding carboxylic acids is 1. The first-order valence-electron chi connectivity index (χ1n) is 10.9. The lowest BCUT2D eigenvalue weighted by Crippen LogP contribution is -2.31. The molecule has 1 amide bonds. The molecule has 2 aromatic carbocycles. The van der Waals surface area contributed by atoms with Gasteiger partial charge >= 0.3 is 12.1 Å². The van der Waals surface area contributed by atoms with Gasteiger partial charge in [-0.25, -0.2) is 4.79 Å². The zero-order chi connectivity index (χ0) is 22.2. The number of hydrogen-bond donors (Lipinski definition) is 1. The minimum Gasteiger partial charge on any atom is -0.481 e. The predicted molar refractivity (Wildman–Crippen MR) is 126 cm³/mol. The summed E-state index contributed by atoms with van der Waals surface area (Å²) in [5, 5.41) is 9.76. The summed E-state index contributed by atoms with van der Waals surface area (Å²) < 4.78 is 6.77. The number of aliphatic carboxylic acids is 1. The Morgan fingerprint density at radius 1 is 1.03 bits per heavy atom. The molecular weight excluding hydrogens is 470 g/mol. The van der Waals surface area contributed by atoms with E-state index in [1.165, 1.54) is 11.1 Å². The summed E-state index contributed by atoms with van der Waals surface area (Å²) in [6, 6.07) is 16.4. The molecule has 0 bridgehead atoms. The van der Waals surface area contributed by atoms with Crippen molar-refractivity contribution in [3.05, 3.63) is 82.4 Å². The number of likely N-dealkylation sites (tertiary alicyclic amines) is 1. The van der Waals surface area contributed by atoms with Crippen molar-refractivity contribution in [1.29, 1.82) is 0 Å². The van der Waals surface area contributed by atoms with Gasteiger partial charge in [0, 0.05) is 23.5 Å². The van der Waals surface area contributed by atoms with Gasteiger partial charge in [-0.15, -0.1) is 0 Å². The summed E-state index contributed by atoms with van der Waals surface area (Å²) >= 11 is 3.45. The third kappa shape index (κ3) is 3.77. The zero-order valence-electron chi connectivity index (χ0n) is 17.5. The van der Waals surface area contributed by atoms with E-state index in [0.29, 0.717) is 6.54 Å². The van der Waals surface area contributed by atoms with Crippen molar-refractivity contribution in [2.45, 2.75) is 12.3 Å². The first-order valence-corrected chi connectivity index (χ1v) is 11.7. The van der Waals surface area contributed by atoms with Gasteiger partial charge < -0.3 is 14.7 Å². The molecule has 32 heavy (non-hydrogen) atoms. The van der Waals surface area contributed by atoms with Gasteiger partial charge in [0.1, 0.15) is 6.61 Å². The number of ether oxygens (including phenoxy) is 1. The van der Waals surface area contributed by atoms with Crippen molar-refractivity contribution in [3.8, 4) is 11.1 Å². The largest absolute Gasteiger partial charge is 0.481 e. The normalized spacial score (nSPS) is 24.1. The molecule has 6 heteroatoms. The highest BCUT2D eigenvalue weighted by Gasteiger charge is 2.43. The maximum absolute atomic E-state index is 12.9. The van der Waals surface area contributed by atoms with E-state index < -0.39 is 18.0 Å². The molecule has 164 valence electrons. The Kier molecular flexibility index (Phi) is 5.64. The summed E-state index contributed by atoms with van der Waals surface area (Å²) in [4.78, 5) is 26.4. The lowest BCUT2D eigenvalue weighted by atomic mass is 9.80. The second kappa shape index (κ2) is 8.58. The molecule has 0 saturated carbocycles. The number of carboxylic acids is 1. The number of carboxylic acid groups (broad SMARTS) is 1. The van der Waals surface area contributed by atoms with Crippen molar-refractivity contribution in [3.63, 3.8) is 0 Å². The number of amides is 1. The van der Waals surface area contributed by atoms with Crippen LogP contribution in [0.4, 0.5) is 4.79 Å². The number of hydrogen-bond acceptors (Lipinski definition) is 3. The highest BCUT2D eigenvalue weighted by molar-refractivity contribution is 9.11. The lowest BCUT2D eigenvalue weighted by molar-refractivity contribution is -0.142. The van der Waals surface area contributed by atoms with Crippen LogP contribution in [0.2, 0.25) is 0 Å². The molecule has 3 aliphatic rings. The van der Waals surface area contributed by atoms with Crippen LogP contribution in [0, 0.1) is 17.8 Å². The van der Waals surface area contributed by atoms with Gasteiger partial charge in [-0.2, -0.15) is 0 Å². The number of fused-ring (bicyclic) bond motifs is 3. The Bertz CT molecular complexity index is 1080. The molecule has 0 spiro atoms. The molecule has 0 radical (unpaired) electrons. The molecule has 1 fully saturated rings. The first kappa shape index (κ1) is 21.0. The fraction of sp³-hybridized carbons (Fsp3) is 0.308.